The monoisotopic (exact) mass is 368 g/mol. The predicted molar refractivity (Wildman–Crippen MR) is 90.9 cm³/mol. The predicted octanol–water partition coefficient (Wildman–Crippen LogP) is 3.25. The molecule has 0 heterocycles. The van der Waals surface area contributed by atoms with E-state index in [4.69, 9.17) is 0 Å². The molecule has 134 valence electrons. The molecule has 1 N–H and O–H groups in total. The van der Waals surface area contributed by atoms with Gasteiger partial charge in [0.15, 0.2) is 0 Å². The summed E-state index contributed by atoms with van der Waals surface area (Å²) in [6, 6.07) is 7.87. The Morgan fingerprint density at radius 2 is 1.64 bits per heavy atom. The van der Waals surface area contributed by atoms with Crippen LogP contribution >= 0.6 is 0 Å². The largest absolute Gasteiger partial charge is 0.339 e. The van der Waals surface area contributed by atoms with Gasteiger partial charge < -0.3 is 4.90 Å². The maximum absolute atomic E-state index is 13.6. The van der Waals surface area contributed by atoms with Crippen molar-refractivity contribution in [3.63, 3.8) is 0 Å². The molecule has 2 aromatic carbocycles. The normalized spacial score (nSPS) is 11.2. The molecular weight excluding hydrogens is 350 g/mol. The van der Waals surface area contributed by atoms with Gasteiger partial charge in [0.1, 0.15) is 11.6 Å². The lowest BCUT2D eigenvalue weighted by atomic mass is 10.2. The Kier molecular flexibility index (Phi) is 5.73. The Labute approximate surface area is 145 Å². The Morgan fingerprint density at radius 3 is 2.16 bits per heavy atom. The van der Waals surface area contributed by atoms with Crippen molar-refractivity contribution < 1.29 is 22.0 Å². The van der Waals surface area contributed by atoms with Crippen LogP contribution in [0.4, 0.5) is 14.5 Å². The van der Waals surface area contributed by atoms with Gasteiger partial charge >= 0.3 is 0 Å². The van der Waals surface area contributed by atoms with Crippen molar-refractivity contribution >= 4 is 21.6 Å². The number of amides is 1. The minimum Gasteiger partial charge on any atom is -0.339 e. The summed E-state index contributed by atoms with van der Waals surface area (Å²) in [5.74, 6) is -2.02. The van der Waals surface area contributed by atoms with Crippen molar-refractivity contribution in [3.05, 3.63) is 59.7 Å². The molecule has 0 spiro atoms. The minimum atomic E-state index is -4.06. The SMILES string of the molecule is CCN(CC)C(=O)c1ccc(S(=O)(=O)Nc2ccc(F)cc2F)cc1. The van der Waals surface area contributed by atoms with Crippen LogP contribution in [0, 0.1) is 11.6 Å². The number of sulfonamides is 1. The molecule has 0 atom stereocenters. The molecule has 0 saturated heterocycles. The lowest BCUT2D eigenvalue weighted by Crippen LogP contribution is -2.30. The fourth-order valence-corrected chi connectivity index (χ4v) is 3.31. The van der Waals surface area contributed by atoms with E-state index in [9.17, 15) is 22.0 Å². The zero-order valence-corrected chi connectivity index (χ0v) is 14.6. The number of nitrogens with zero attached hydrogens (tertiary/aromatic N) is 1. The highest BCUT2D eigenvalue weighted by molar-refractivity contribution is 7.92. The van der Waals surface area contributed by atoms with Crippen molar-refractivity contribution in [2.75, 3.05) is 17.8 Å². The van der Waals surface area contributed by atoms with Gasteiger partial charge in [-0.3, -0.25) is 9.52 Å². The molecule has 2 rings (SSSR count). The van der Waals surface area contributed by atoms with Crippen LogP contribution in [0.5, 0.6) is 0 Å². The summed E-state index contributed by atoms with van der Waals surface area (Å²) in [5, 5.41) is 0. The molecular formula is C17H18F2N2O3S. The fourth-order valence-electron chi connectivity index (χ4n) is 2.25. The first-order valence-electron chi connectivity index (χ1n) is 7.65. The molecule has 1 amide bonds. The zero-order chi connectivity index (χ0) is 18.6. The van der Waals surface area contributed by atoms with Crippen molar-refractivity contribution in [1.82, 2.24) is 4.90 Å². The van der Waals surface area contributed by atoms with Gasteiger partial charge in [0, 0.05) is 24.7 Å². The molecule has 0 bridgehead atoms. The van der Waals surface area contributed by atoms with E-state index in [1.807, 2.05) is 13.8 Å². The van der Waals surface area contributed by atoms with Gasteiger partial charge in [0.2, 0.25) is 0 Å². The van der Waals surface area contributed by atoms with Crippen molar-refractivity contribution in [2.45, 2.75) is 18.7 Å². The van der Waals surface area contributed by atoms with Gasteiger partial charge in [-0.15, -0.1) is 0 Å². The van der Waals surface area contributed by atoms with E-state index in [-0.39, 0.29) is 16.5 Å². The molecule has 8 heteroatoms. The van der Waals surface area contributed by atoms with Crippen LogP contribution in [0.15, 0.2) is 47.4 Å². The van der Waals surface area contributed by atoms with Gasteiger partial charge in [-0.2, -0.15) is 0 Å². The summed E-state index contributed by atoms with van der Waals surface area (Å²) in [7, 11) is -4.06. The Balaban J connectivity index is 2.24. The topological polar surface area (TPSA) is 66.5 Å². The van der Waals surface area contributed by atoms with E-state index in [2.05, 4.69) is 4.72 Å². The minimum absolute atomic E-state index is 0.132. The third-order valence-corrected chi connectivity index (χ3v) is 5.02. The van der Waals surface area contributed by atoms with Crippen LogP contribution < -0.4 is 4.72 Å². The molecule has 2 aromatic rings. The molecule has 0 aliphatic rings. The van der Waals surface area contributed by atoms with Crippen LogP contribution in [0.25, 0.3) is 0 Å². The number of carbonyl (C=O) groups excluding carboxylic acids is 1. The van der Waals surface area contributed by atoms with E-state index in [0.717, 1.165) is 12.1 Å². The molecule has 5 nitrogen and oxygen atoms in total. The number of halogens is 2. The zero-order valence-electron chi connectivity index (χ0n) is 13.8. The second-order valence-electron chi connectivity index (χ2n) is 5.23. The molecule has 25 heavy (non-hydrogen) atoms. The van der Waals surface area contributed by atoms with Gasteiger partial charge in [0.05, 0.1) is 10.6 Å². The third kappa shape index (κ3) is 4.33. The molecule has 0 saturated carbocycles. The summed E-state index contributed by atoms with van der Waals surface area (Å²) in [6.07, 6.45) is 0. The van der Waals surface area contributed by atoms with Crippen molar-refractivity contribution in [1.29, 1.82) is 0 Å². The summed E-state index contributed by atoms with van der Waals surface area (Å²) >= 11 is 0. The number of nitrogens with one attached hydrogen (secondary N) is 1. The highest BCUT2D eigenvalue weighted by Crippen LogP contribution is 2.20. The summed E-state index contributed by atoms with van der Waals surface area (Å²) in [5.41, 5.74) is 0.000284. The van der Waals surface area contributed by atoms with Gasteiger partial charge in [-0.05, 0) is 50.2 Å². The van der Waals surface area contributed by atoms with Crippen LogP contribution in [-0.2, 0) is 10.0 Å². The molecule has 0 fully saturated rings. The van der Waals surface area contributed by atoms with E-state index in [1.165, 1.54) is 24.3 Å². The first kappa shape index (κ1) is 18.9. The molecule has 0 aromatic heterocycles. The highest BCUT2D eigenvalue weighted by Gasteiger charge is 2.18. The van der Waals surface area contributed by atoms with E-state index in [1.54, 1.807) is 4.90 Å². The first-order chi connectivity index (χ1) is 11.8. The van der Waals surface area contributed by atoms with Gasteiger partial charge in [-0.1, -0.05) is 0 Å². The Hall–Kier alpha value is -2.48. The van der Waals surface area contributed by atoms with E-state index >= 15 is 0 Å². The summed E-state index contributed by atoms with van der Waals surface area (Å²) < 4.78 is 53.2. The number of carbonyl (C=O) groups is 1. The van der Waals surface area contributed by atoms with E-state index in [0.29, 0.717) is 24.7 Å². The number of benzene rings is 2. The summed E-state index contributed by atoms with van der Waals surface area (Å²) in [4.78, 5) is 13.7. The second kappa shape index (κ2) is 7.60. The highest BCUT2D eigenvalue weighted by atomic mass is 32.2. The smallest absolute Gasteiger partial charge is 0.261 e. The van der Waals surface area contributed by atoms with Crippen molar-refractivity contribution in [2.24, 2.45) is 0 Å². The Bertz CT molecular complexity index is 864. The van der Waals surface area contributed by atoms with Crippen LogP contribution in [0.2, 0.25) is 0 Å². The molecule has 0 radical (unpaired) electrons. The number of anilines is 1. The van der Waals surface area contributed by atoms with Crippen LogP contribution in [-0.4, -0.2) is 32.3 Å². The van der Waals surface area contributed by atoms with Crippen LogP contribution in [0.3, 0.4) is 0 Å². The van der Waals surface area contributed by atoms with Gasteiger partial charge in [0.25, 0.3) is 15.9 Å². The fraction of sp³-hybridized carbons (Fsp3) is 0.235. The molecule has 0 aliphatic heterocycles. The summed E-state index contributed by atoms with van der Waals surface area (Å²) in [6.45, 7) is 4.78. The number of hydrogen-bond acceptors (Lipinski definition) is 3. The van der Waals surface area contributed by atoms with Gasteiger partial charge in [-0.25, -0.2) is 17.2 Å². The van der Waals surface area contributed by atoms with Crippen molar-refractivity contribution in [3.8, 4) is 0 Å². The first-order valence-corrected chi connectivity index (χ1v) is 9.14. The van der Waals surface area contributed by atoms with E-state index < -0.39 is 21.7 Å². The third-order valence-electron chi connectivity index (χ3n) is 3.64. The standard InChI is InChI=1S/C17H18F2N2O3S/c1-3-21(4-2)17(22)12-5-8-14(9-6-12)25(23,24)20-16-10-7-13(18)11-15(16)19/h5-11,20H,3-4H2,1-2H3. The average molecular weight is 368 g/mol. The Morgan fingerprint density at radius 1 is 1.04 bits per heavy atom. The average Bonchev–Trinajstić information content (AvgIpc) is 2.58. The molecule has 0 aliphatic carbocycles. The second-order valence-corrected chi connectivity index (χ2v) is 6.91. The lowest BCUT2D eigenvalue weighted by Gasteiger charge is -2.18. The maximum Gasteiger partial charge on any atom is 0.261 e. The number of hydrogen-bond donors (Lipinski definition) is 1. The lowest BCUT2D eigenvalue weighted by molar-refractivity contribution is 0.0773. The molecule has 0 unspecified atom stereocenters. The number of rotatable bonds is 6. The van der Waals surface area contributed by atoms with Crippen LogP contribution in [0.1, 0.15) is 24.2 Å². The maximum atomic E-state index is 13.6. The quantitative estimate of drug-likeness (QED) is 0.851.